The van der Waals surface area contributed by atoms with Crippen LogP contribution in [0.1, 0.15) is 70.9 Å². The lowest BCUT2D eigenvalue weighted by molar-refractivity contribution is 0.410. The Morgan fingerprint density at radius 1 is 1.14 bits per heavy atom. The van der Waals surface area contributed by atoms with Gasteiger partial charge in [-0.3, -0.25) is 0 Å². The molecule has 0 bridgehead atoms. The molecule has 0 heterocycles. The molecular weight excluding hydrogens is 326 g/mol. The summed E-state index contributed by atoms with van der Waals surface area (Å²) in [5.41, 5.74) is 1.29. The fraction of sp³-hybridized carbons (Fsp3) is 0.667. The summed E-state index contributed by atoms with van der Waals surface area (Å²) in [4.78, 5) is 0. The van der Waals surface area contributed by atoms with Crippen LogP contribution >= 0.6 is 15.9 Å². The number of ether oxygens (including phenoxy) is 1. The highest BCUT2D eigenvalue weighted by Gasteiger charge is 2.11. The van der Waals surface area contributed by atoms with Gasteiger partial charge in [0.2, 0.25) is 0 Å². The van der Waals surface area contributed by atoms with Gasteiger partial charge in [0.1, 0.15) is 5.75 Å². The third-order valence-electron chi connectivity index (χ3n) is 3.95. The highest BCUT2D eigenvalue weighted by Crippen LogP contribution is 2.28. The van der Waals surface area contributed by atoms with Crippen LogP contribution < -0.4 is 10.1 Å². The molecule has 0 saturated carbocycles. The summed E-state index contributed by atoms with van der Waals surface area (Å²) in [6.45, 7) is 6.77. The third-order valence-corrected chi connectivity index (χ3v) is 4.57. The van der Waals surface area contributed by atoms with Gasteiger partial charge in [0, 0.05) is 12.1 Å². The fourth-order valence-corrected chi connectivity index (χ4v) is 3.17. The van der Waals surface area contributed by atoms with Crippen molar-refractivity contribution in [1.82, 2.24) is 5.32 Å². The number of nitrogens with one attached hydrogen (secondary N) is 1. The van der Waals surface area contributed by atoms with Gasteiger partial charge in [-0.1, -0.05) is 45.1 Å². The molecule has 0 spiro atoms. The van der Waals surface area contributed by atoms with Crippen molar-refractivity contribution in [3.63, 3.8) is 0 Å². The molecule has 0 radical (unpaired) electrons. The van der Waals surface area contributed by atoms with E-state index in [2.05, 4.69) is 54.2 Å². The van der Waals surface area contributed by atoms with E-state index in [4.69, 9.17) is 4.74 Å². The molecule has 1 aromatic rings. The van der Waals surface area contributed by atoms with Crippen LogP contribution in [0.2, 0.25) is 0 Å². The largest absolute Gasteiger partial charge is 0.496 e. The van der Waals surface area contributed by atoms with E-state index >= 15 is 0 Å². The van der Waals surface area contributed by atoms with Gasteiger partial charge in [0.25, 0.3) is 0 Å². The van der Waals surface area contributed by atoms with Gasteiger partial charge < -0.3 is 10.1 Å². The standard InChI is InChI=1S/C18H30BrNO/c1-5-6-7-8-9-10-14(2)20-15(3)16-11-12-18(21-4)17(19)13-16/h11-15,20H,5-10H2,1-4H3. The van der Waals surface area contributed by atoms with Crippen molar-refractivity contribution in [3.05, 3.63) is 28.2 Å². The summed E-state index contributed by atoms with van der Waals surface area (Å²) in [5, 5.41) is 3.69. The van der Waals surface area contributed by atoms with Crippen LogP contribution in [-0.4, -0.2) is 13.2 Å². The number of halogens is 1. The van der Waals surface area contributed by atoms with Crippen molar-refractivity contribution in [1.29, 1.82) is 0 Å². The van der Waals surface area contributed by atoms with E-state index in [-0.39, 0.29) is 0 Å². The Bertz CT molecular complexity index is 408. The minimum Gasteiger partial charge on any atom is -0.496 e. The Balaban J connectivity index is 2.38. The zero-order chi connectivity index (χ0) is 15.7. The average molecular weight is 356 g/mol. The second-order valence-corrected chi connectivity index (χ2v) is 6.74. The Hall–Kier alpha value is -0.540. The van der Waals surface area contributed by atoms with Crippen LogP contribution in [0.3, 0.4) is 0 Å². The number of hydrogen-bond donors (Lipinski definition) is 1. The molecule has 2 unspecified atom stereocenters. The SMILES string of the molecule is CCCCCCCC(C)NC(C)c1ccc(OC)c(Br)c1. The summed E-state index contributed by atoms with van der Waals surface area (Å²) in [6.07, 6.45) is 8.01. The molecule has 0 fully saturated rings. The molecule has 0 aromatic heterocycles. The van der Waals surface area contributed by atoms with E-state index in [1.165, 1.54) is 44.1 Å². The Kier molecular flexibility index (Phi) is 9.02. The third kappa shape index (κ3) is 6.84. The molecule has 1 aromatic carbocycles. The number of benzene rings is 1. The topological polar surface area (TPSA) is 21.3 Å². The predicted octanol–water partition coefficient (Wildman–Crippen LogP) is 5.86. The molecule has 0 aliphatic heterocycles. The van der Waals surface area contributed by atoms with Gasteiger partial charge in [-0.2, -0.15) is 0 Å². The quantitative estimate of drug-likeness (QED) is 0.530. The first-order valence-corrected chi connectivity index (χ1v) is 8.97. The molecule has 0 amide bonds. The normalized spacial score (nSPS) is 14.0. The fourth-order valence-electron chi connectivity index (χ4n) is 2.61. The molecule has 1 N–H and O–H groups in total. The van der Waals surface area contributed by atoms with Gasteiger partial charge in [-0.25, -0.2) is 0 Å². The molecule has 0 saturated heterocycles. The lowest BCUT2D eigenvalue weighted by atomic mass is 10.0. The van der Waals surface area contributed by atoms with Crippen molar-refractivity contribution in [2.75, 3.05) is 7.11 Å². The Morgan fingerprint density at radius 3 is 2.48 bits per heavy atom. The summed E-state index contributed by atoms with van der Waals surface area (Å²) in [5.74, 6) is 0.884. The van der Waals surface area contributed by atoms with Crippen LogP contribution in [0.4, 0.5) is 0 Å². The second kappa shape index (κ2) is 10.2. The monoisotopic (exact) mass is 355 g/mol. The number of hydrogen-bond acceptors (Lipinski definition) is 2. The van der Waals surface area contributed by atoms with E-state index in [0.29, 0.717) is 12.1 Å². The van der Waals surface area contributed by atoms with Gasteiger partial charge in [-0.05, 0) is 53.9 Å². The number of unbranched alkanes of at least 4 members (excludes halogenated alkanes) is 4. The van der Waals surface area contributed by atoms with E-state index in [1.807, 2.05) is 6.07 Å². The van der Waals surface area contributed by atoms with Crippen LogP contribution in [-0.2, 0) is 0 Å². The number of methoxy groups -OCH3 is 1. The maximum Gasteiger partial charge on any atom is 0.133 e. The van der Waals surface area contributed by atoms with E-state index in [9.17, 15) is 0 Å². The molecule has 2 atom stereocenters. The first kappa shape index (κ1) is 18.5. The highest BCUT2D eigenvalue weighted by molar-refractivity contribution is 9.10. The molecular formula is C18H30BrNO. The Labute approximate surface area is 138 Å². The molecule has 120 valence electrons. The minimum absolute atomic E-state index is 0.359. The van der Waals surface area contributed by atoms with Gasteiger partial charge in [0.15, 0.2) is 0 Å². The lowest BCUT2D eigenvalue weighted by Gasteiger charge is -2.21. The molecule has 0 aliphatic rings. The van der Waals surface area contributed by atoms with Crippen LogP contribution in [0.15, 0.2) is 22.7 Å². The summed E-state index contributed by atoms with van der Waals surface area (Å²) >= 11 is 3.56. The zero-order valence-corrected chi connectivity index (χ0v) is 15.5. The van der Waals surface area contributed by atoms with Gasteiger partial charge in [0.05, 0.1) is 11.6 Å². The lowest BCUT2D eigenvalue weighted by Crippen LogP contribution is -2.28. The molecule has 1 rings (SSSR count). The molecule has 21 heavy (non-hydrogen) atoms. The first-order valence-electron chi connectivity index (χ1n) is 8.18. The predicted molar refractivity (Wildman–Crippen MR) is 95.1 cm³/mol. The van der Waals surface area contributed by atoms with Crippen molar-refractivity contribution in [2.24, 2.45) is 0 Å². The first-order chi connectivity index (χ1) is 10.1. The molecule has 3 heteroatoms. The van der Waals surface area contributed by atoms with Crippen molar-refractivity contribution >= 4 is 15.9 Å². The van der Waals surface area contributed by atoms with E-state index < -0.39 is 0 Å². The second-order valence-electron chi connectivity index (χ2n) is 5.89. The minimum atomic E-state index is 0.359. The van der Waals surface area contributed by atoms with E-state index in [1.54, 1.807) is 7.11 Å². The Morgan fingerprint density at radius 2 is 1.86 bits per heavy atom. The summed E-state index contributed by atoms with van der Waals surface area (Å²) < 4.78 is 6.30. The van der Waals surface area contributed by atoms with Gasteiger partial charge in [-0.15, -0.1) is 0 Å². The maximum atomic E-state index is 5.28. The zero-order valence-electron chi connectivity index (χ0n) is 13.9. The highest BCUT2D eigenvalue weighted by atomic mass is 79.9. The van der Waals surface area contributed by atoms with Crippen LogP contribution in [0.25, 0.3) is 0 Å². The van der Waals surface area contributed by atoms with Crippen molar-refractivity contribution < 1.29 is 4.74 Å². The number of rotatable bonds is 10. The van der Waals surface area contributed by atoms with E-state index in [0.717, 1.165) is 10.2 Å². The van der Waals surface area contributed by atoms with Crippen LogP contribution in [0, 0.1) is 0 Å². The van der Waals surface area contributed by atoms with Crippen molar-refractivity contribution in [3.8, 4) is 5.75 Å². The molecule has 0 aliphatic carbocycles. The smallest absolute Gasteiger partial charge is 0.133 e. The van der Waals surface area contributed by atoms with Gasteiger partial charge >= 0.3 is 0 Å². The van der Waals surface area contributed by atoms with Crippen LogP contribution in [0.5, 0.6) is 5.75 Å². The van der Waals surface area contributed by atoms with Crippen molar-refractivity contribution in [2.45, 2.75) is 71.4 Å². The average Bonchev–Trinajstić information content (AvgIpc) is 2.46. The maximum absolute atomic E-state index is 5.28. The summed E-state index contributed by atoms with van der Waals surface area (Å²) in [7, 11) is 1.70. The molecule has 2 nitrogen and oxygen atoms in total. The summed E-state index contributed by atoms with van der Waals surface area (Å²) in [6, 6.07) is 7.22.